The predicted octanol–water partition coefficient (Wildman–Crippen LogP) is 1.01. The Bertz CT molecular complexity index is 616. The van der Waals surface area contributed by atoms with E-state index in [2.05, 4.69) is 4.74 Å². The van der Waals surface area contributed by atoms with Crippen molar-refractivity contribution in [3.05, 3.63) is 29.8 Å². The standard InChI is InChI=1S/C13H16N2O4S/c1-19-13(16)12(14)10-4-6-11(7-5-10)20(17,18)15-8-2-3-9-15/h4-7,14H,2-3,8-9H2,1H3. The van der Waals surface area contributed by atoms with Gasteiger partial charge in [-0.25, -0.2) is 13.2 Å². The van der Waals surface area contributed by atoms with Crippen molar-refractivity contribution in [2.75, 3.05) is 20.2 Å². The average molecular weight is 296 g/mol. The van der Waals surface area contributed by atoms with E-state index < -0.39 is 16.0 Å². The number of hydrogen-bond donors (Lipinski definition) is 1. The number of carbonyl (C=O) groups excluding carboxylic acids is 1. The van der Waals surface area contributed by atoms with Gasteiger partial charge >= 0.3 is 5.97 Å². The summed E-state index contributed by atoms with van der Waals surface area (Å²) in [5.74, 6) is -0.750. The van der Waals surface area contributed by atoms with Crippen molar-refractivity contribution in [2.24, 2.45) is 0 Å². The van der Waals surface area contributed by atoms with Gasteiger partial charge in [0.25, 0.3) is 0 Å². The lowest BCUT2D eigenvalue weighted by Crippen LogP contribution is -2.27. The van der Waals surface area contributed by atoms with Crippen LogP contribution in [0, 0.1) is 5.41 Å². The third kappa shape index (κ3) is 2.73. The number of rotatable bonds is 4. The maximum absolute atomic E-state index is 12.3. The van der Waals surface area contributed by atoms with E-state index in [1.807, 2.05) is 0 Å². The quantitative estimate of drug-likeness (QED) is 0.663. The van der Waals surface area contributed by atoms with E-state index in [1.165, 1.54) is 35.7 Å². The van der Waals surface area contributed by atoms with Crippen molar-refractivity contribution in [1.82, 2.24) is 4.31 Å². The van der Waals surface area contributed by atoms with Crippen molar-refractivity contribution in [1.29, 1.82) is 5.41 Å². The zero-order valence-corrected chi connectivity index (χ0v) is 11.9. The summed E-state index contributed by atoms with van der Waals surface area (Å²) in [7, 11) is -2.26. The monoisotopic (exact) mass is 296 g/mol. The van der Waals surface area contributed by atoms with Crippen LogP contribution in [0.5, 0.6) is 0 Å². The van der Waals surface area contributed by atoms with Crippen LogP contribution < -0.4 is 0 Å². The summed E-state index contributed by atoms with van der Waals surface area (Å²) in [6.07, 6.45) is 1.76. The van der Waals surface area contributed by atoms with Gasteiger partial charge < -0.3 is 4.74 Å². The molecule has 0 atom stereocenters. The Kier molecular flexibility index (Phi) is 4.20. The molecule has 0 aromatic heterocycles. The second-order valence-corrected chi connectivity index (χ2v) is 6.44. The molecule has 0 amide bonds. The number of nitrogens with one attached hydrogen (secondary N) is 1. The number of benzene rings is 1. The van der Waals surface area contributed by atoms with E-state index >= 15 is 0 Å². The van der Waals surface area contributed by atoms with Gasteiger partial charge in [-0.05, 0) is 25.0 Å². The molecule has 0 unspecified atom stereocenters. The first-order valence-electron chi connectivity index (χ1n) is 6.24. The van der Waals surface area contributed by atoms with Crippen LogP contribution in [0.1, 0.15) is 18.4 Å². The smallest absolute Gasteiger partial charge is 0.356 e. The van der Waals surface area contributed by atoms with Crippen molar-refractivity contribution in [3.63, 3.8) is 0 Å². The highest BCUT2D eigenvalue weighted by Crippen LogP contribution is 2.21. The molecule has 108 valence electrons. The zero-order chi connectivity index (χ0) is 14.8. The third-order valence-electron chi connectivity index (χ3n) is 3.24. The fourth-order valence-corrected chi connectivity index (χ4v) is 3.61. The average Bonchev–Trinajstić information content (AvgIpc) is 3.00. The van der Waals surface area contributed by atoms with Gasteiger partial charge in [-0.2, -0.15) is 4.31 Å². The Balaban J connectivity index is 2.24. The van der Waals surface area contributed by atoms with Crippen LogP contribution in [0.2, 0.25) is 0 Å². The van der Waals surface area contributed by atoms with Crippen LogP contribution in [0.3, 0.4) is 0 Å². The molecule has 0 aliphatic carbocycles. The minimum absolute atomic E-state index is 0.181. The molecule has 2 rings (SSSR count). The van der Waals surface area contributed by atoms with Crippen molar-refractivity contribution in [2.45, 2.75) is 17.7 Å². The number of sulfonamides is 1. The van der Waals surface area contributed by atoms with Gasteiger partial charge in [-0.15, -0.1) is 0 Å². The summed E-state index contributed by atoms with van der Waals surface area (Å²) in [4.78, 5) is 11.4. The molecule has 0 spiro atoms. The fraction of sp³-hybridized carbons (Fsp3) is 0.385. The maximum atomic E-state index is 12.3. The number of esters is 1. The van der Waals surface area contributed by atoms with Crippen LogP contribution in [-0.2, 0) is 19.6 Å². The topological polar surface area (TPSA) is 87.5 Å². The van der Waals surface area contributed by atoms with E-state index in [1.54, 1.807) is 0 Å². The van der Waals surface area contributed by atoms with E-state index in [-0.39, 0.29) is 10.6 Å². The first-order chi connectivity index (χ1) is 9.46. The third-order valence-corrected chi connectivity index (χ3v) is 5.15. The van der Waals surface area contributed by atoms with Crippen LogP contribution >= 0.6 is 0 Å². The molecule has 1 aromatic rings. The second kappa shape index (κ2) is 5.72. The maximum Gasteiger partial charge on any atom is 0.356 e. The largest absolute Gasteiger partial charge is 0.464 e. The van der Waals surface area contributed by atoms with Gasteiger partial charge in [0.15, 0.2) is 0 Å². The van der Waals surface area contributed by atoms with E-state index in [9.17, 15) is 13.2 Å². The molecule has 6 nitrogen and oxygen atoms in total. The first kappa shape index (κ1) is 14.7. The molecule has 0 radical (unpaired) electrons. The summed E-state index contributed by atoms with van der Waals surface area (Å²) < 4.78 is 30.5. The summed E-state index contributed by atoms with van der Waals surface area (Å²) in [6.45, 7) is 1.09. The Labute approximate surface area is 117 Å². The minimum atomic E-state index is -3.46. The molecule has 1 aliphatic rings. The molecular weight excluding hydrogens is 280 g/mol. The SMILES string of the molecule is COC(=O)C(=N)c1ccc(S(=O)(=O)N2CCCC2)cc1. The lowest BCUT2D eigenvalue weighted by Gasteiger charge is -2.15. The highest BCUT2D eigenvalue weighted by molar-refractivity contribution is 7.89. The van der Waals surface area contributed by atoms with E-state index in [4.69, 9.17) is 5.41 Å². The van der Waals surface area contributed by atoms with Gasteiger partial charge in [0.05, 0.1) is 12.0 Å². The Hall–Kier alpha value is -1.73. The number of carbonyl (C=O) groups is 1. The molecule has 1 heterocycles. The molecule has 1 N–H and O–H groups in total. The minimum Gasteiger partial charge on any atom is -0.464 e. The number of hydrogen-bond acceptors (Lipinski definition) is 5. The van der Waals surface area contributed by atoms with Crippen molar-refractivity contribution in [3.8, 4) is 0 Å². The first-order valence-corrected chi connectivity index (χ1v) is 7.68. The summed E-state index contributed by atoms with van der Waals surface area (Å²) in [6, 6.07) is 5.73. The van der Waals surface area contributed by atoms with Crippen molar-refractivity contribution >= 4 is 21.7 Å². The van der Waals surface area contributed by atoms with E-state index in [0.717, 1.165) is 12.8 Å². The van der Waals surface area contributed by atoms with Gasteiger partial charge in [-0.1, -0.05) is 12.1 Å². The van der Waals surface area contributed by atoms with Gasteiger partial charge in [-0.3, -0.25) is 5.41 Å². The molecule has 1 aliphatic heterocycles. The number of nitrogens with zero attached hydrogens (tertiary/aromatic N) is 1. The van der Waals surface area contributed by atoms with Gasteiger partial charge in [0.1, 0.15) is 5.71 Å². The van der Waals surface area contributed by atoms with Crippen LogP contribution in [0.4, 0.5) is 0 Å². The molecule has 0 bridgehead atoms. The summed E-state index contributed by atoms with van der Waals surface area (Å²) in [5, 5.41) is 7.59. The lowest BCUT2D eigenvalue weighted by atomic mass is 10.1. The number of methoxy groups -OCH3 is 1. The molecule has 0 saturated carbocycles. The van der Waals surface area contributed by atoms with Crippen LogP contribution in [-0.4, -0.2) is 44.6 Å². The molecule has 1 aromatic carbocycles. The molecule has 1 saturated heterocycles. The molecule has 1 fully saturated rings. The molecule has 7 heteroatoms. The van der Waals surface area contributed by atoms with Gasteiger partial charge in [0, 0.05) is 18.7 Å². The van der Waals surface area contributed by atoms with Gasteiger partial charge in [0.2, 0.25) is 10.0 Å². The highest BCUT2D eigenvalue weighted by atomic mass is 32.2. The highest BCUT2D eigenvalue weighted by Gasteiger charge is 2.27. The fourth-order valence-electron chi connectivity index (χ4n) is 2.09. The second-order valence-electron chi connectivity index (χ2n) is 4.50. The predicted molar refractivity (Wildman–Crippen MR) is 73.3 cm³/mol. The van der Waals surface area contributed by atoms with Crippen LogP contribution in [0.15, 0.2) is 29.2 Å². The summed E-state index contributed by atoms with van der Waals surface area (Å²) >= 11 is 0. The Morgan fingerprint density at radius 3 is 2.25 bits per heavy atom. The Morgan fingerprint density at radius 2 is 1.75 bits per heavy atom. The summed E-state index contributed by atoms with van der Waals surface area (Å²) in [5.41, 5.74) is 0.0369. The van der Waals surface area contributed by atoms with Crippen molar-refractivity contribution < 1.29 is 17.9 Å². The normalized spacial score (nSPS) is 16.1. The molecule has 20 heavy (non-hydrogen) atoms. The zero-order valence-electron chi connectivity index (χ0n) is 11.1. The Morgan fingerprint density at radius 1 is 1.20 bits per heavy atom. The molecular formula is C13H16N2O4S. The van der Waals surface area contributed by atoms with E-state index in [0.29, 0.717) is 18.7 Å². The number of ether oxygens (including phenoxy) is 1. The lowest BCUT2D eigenvalue weighted by molar-refractivity contribution is -0.132. The van der Waals surface area contributed by atoms with Crippen LogP contribution in [0.25, 0.3) is 0 Å².